The molecule has 0 saturated carbocycles. The quantitative estimate of drug-likeness (QED) is 0.541. The Bertz CT molecular complexity index is 607. The second-order valence-electron chi connectivity index (χ2n) is 6.55. The Morgan fingerprint density at radius 3 is 2.69 bits per heavy atom. The van der Waals surface area contributed by atoms with Gasteiger partial charge in [-0.2, -0.15) is 5.10 Å². The van der Waals surface area contributed by atoms with E-state index in [0.29, 0.717) is 31.9 Å². The van der Waals surface area contributed by atoms with E-state index >= 15 is 0 Å². The van der Waals surface area contributed by atoms with E-state index in [-0.39, 0.29) is 12.0 Å². The fourth-order valence-electron chi connectivity index (χ4n) is 2.53. The molecule has 26 heavy (non-hydrogen) atoms. The molecule has 1 fully saturated rings. The van der Waals surface area contributed by atoms with Crippen molar-refractivity contribution in [1.82, 2.24) is 15.5 Å². The normalized spacial score (nSPS) is 16.2. The molecule has 0 aliphatic carbocycles. The second-order valence-corrected chi connectivity index (χ2v) is 6.55. The SMILES string of the molecule is CCCC[C@H](NC(=O)OCC1(CC)COC1)C(=O)C(=O)Nc1ccn[nH]1. The number of hydrogen-bond acceptors (Lipinski definition) is 6. The van der Waals surface area contributed by atoms with Gasteiger partial charge in [-0.3, -0.25) is 14.7 Å². The molecule has 0 spiro atoms. The van der Waals surface area contributed by atoms with Crippen LogP contribution in [0.15, 0.2) is 12.3 Å². The highest BCUT2D eigenvalue weighted by atomic mass is 16.6. The highest BCUT2D eigenvalue weighted by Gasteiger charge is 2.38. The molecular formula is C17H26N4O5. The lowest BCUT2D eigenvalue weighted by atomic mass is 9.84. The van der Waals surface area contributed by atoms with Crippen LogP contribution in [-0.2, 0) is 19.1 Å². The number of unbranched alkanes of at least 4 members (excludes halogenated alkanes) is 1. The Hall–Kier alpha value is -2.42. The van der Waals surface area contributed by atoms with Gasteiger partial charge in [0.2, 0.25) is 5.78 Å². The van der Waals surface area contributed by atoms with Gasteiger partial charge in [-0.15, -0.1) is 0 Å². The maximum atomic E-state index is 12.4. The summed E-state index contributed by atoms with van der Waals surface area (Å²) in [5.41, 5.74) is -0.141. The van der Waals surface area contributed by atoms with Gasteiger partial charge in [0.25, 0.3) is 5.91 Å². The number of carbonyl (C=O) groups is 3. The van der Waals surface area contributed by atoms with Crippen LogP contribution < -0.4 is 10.6 Å². The maximum absolute atomic E-state index is 12.4. The number of aromatic nitrogens is 2. The monoisotopic (exact) mass is 366 g/mol. The molecule has 1 aliphatic rings. The lowest BCUT2D eigenvalue weighted by Crippen LogP contribution is -2.49. The Labute approximate surface area is 152 Å². The molecule has 0 radical (unpaired) electrons. The van der Waals surface area contributed by atoms with Gasteiger partial charge in [-0.1, -0.05) is 26.7 Å². The molecule has 9 nitrogen and oxygen atoms in total. The Balaban J connectivity index is 1.89. The zero-order valence-electron chi connectivity index (χ0n) is 15.2. The number of nitrogens with one attached hydrogen (secondary N) is 3. The van der Waals surface area contributed by atoms with Crippen molar-refractivity contribution in [1.29, 1.82) is 0 Å². The number of hydrogen-bond donors (Lipinski definition) is 3. The van der Waals surface area contributed by atoms with Gasteiger partial charge in [-0.25, -0.2) is 4.79 Å². The van der Waals surface area contributed by atoms with E-state index in [9.17, 15) is 14.4 Å². The minimum absolute atomic E-state index is 0.141. The molecule has 144 valence electrons. The van der Waals surface area contributed by atoms with Gasteiger partial charge in [0.15, 0.2) is 0 Å². The number of aromatic amines is 1. The summed E-state index contributed by atoms with van der Waals surface area (Å²) >= 11 is 0. The van der Waals surface area contributed by atoms with Gasteiger partial charge in [0, 0.05) is 6.07 Å². The standard InChI is InChI=1S/C17H26N4O5/c1-3-5-6-12(14(22)15(23)20-13-7-8-18-21-13)19-16(24)26-11-17(4-2)9-25-10-17/h7-8,12H,3-6,9-11H2,1-2H3,(H,19,24)(H2,18,20,21,23)/t12-/m0/s1. The molecule has 1 saturated heterocycles. The Morgan fingerprint density at radius 2 is 2.15 bits per heavy atom. The number of rotatable bonds is 10. The van der Waals surface area contributed by atoms with Crippen LogP contribution in [0.5, 0.6) is 0 Å². The smallest absolute Gasteiger partial charge is 0.407 e. The van der Waals surface area contributed by atoms with E-state index in [1.807, 2.05) is 13.8 Å². The van der Waals surface area contributed by atoms with Crippen LogP contribution in [-0.4, -0.2) is 53.8 Å². The lowest BCUT2D eigenvalue weighted by molar-refractivity contribution is -0.140. The van der Waals surface area contributed by atoms with Crippen LogP contribution in [0.25, 0.3) is 0 Å². The third-order valence-corrected chi connectivity index (χ3v) is 4.50. The molecule has 0 aromatic carbocycles. The molecular weight excluding hydrogens is 340 g/mol. The molecule has 1 atom stereocenters. The Kier molecular flexibility index (Phi) is 7.14. The van der Waals surface area contributed by atoms with E-state index in [4.69, 9.17) is 9.47 Å². The van der Waals surface area contributed by atoms with Crippen molar-refractivity contribution >= 4 is 23.6 Å². The van der Waals surface area contributed by atoms with Crippen molar-refractivity contribution in [2.45, 2.75) is 45.6 Å². The van der Waals surface area contributed by atoms with Crippen molar-refractivity contribution in [3.8, 4) is 0 Å². The first-order chi connectivity index (χ1) is 12.5. The van der Waals surface area contributed by atoms with Gasteiger partial charge in [0.05, 0.1) is 24.8 Å². The van der Waals surface area contributed by atoms with Crippen molar-refractivity contribution in [3.05, 3.63) is 12.3 Å². The number of carbonyl (C=O) groups excluding carboxylic acids is 3. The molecule has 2 rings (SSSR count). The highest BCUT2D eigenvalue weighted by Crippen LogP contribution is 2.31. The van der Waals surface area contributed by atoms with Gasteiger partial charge in [-0.05, 0) is 12.8 Å². The minimum Gasteiger partial charge on any atom is -0.449 e. The largest absolute Gasteiger partial charge is 0.449 e. The van der Waals surface area contributed by atoms with Gasteiger partial charge >= 0.3 is 6.09 Å². The number of Topliss-reactive ketones (excluding diaryl/α,β-unsaturated/α-hetero) is 1. The number of alkyl carbamates (subject to hydrolysis) is 1. The van der Waals surface area contributed by atoms with Crippen molar-refractivity contribution in [3.63, 3.8) is 0 Å². The second kappa shape index (κ2) is 9.33. The predicted molar refractivity (Wildman–Crippen MR) is 93.6 cm³/mol. The fourth-order valence-corrected chi connectivity index (χ4v) is 2.53. The van der Waals surface area contributed by atoms with Crippen molar-refractivity contribution in [2.75, 3.05) is 25.1 Å². The summed E-state index contributed by atoms with van der Waals surface area (Å²) in [6.45, 7) is 5.32. The van der Waals surface area contributed by atoms with Gasteiger partial charge in [0.1, 0.15) is 18.5 Å². The average molecular weight is 366 g/mol. The summed E-state index contributed by atoms with van der Waals surface area (Å²) in [5, 5.41) is 11.2. The summed E-state index contributed by atoms with van der Waals surface area (Å²) in [5.74, 6) is -1.22. The van der Waals surface area contributed by atoms with Crippen LogP contribution >= 0.6 is 0 Å². The first-order valence-electron chi connectivity index (χ1n) is 8.85. The first-order valence-corrected chi connectivity index (χ1v) is 8.85. The number of ketones is 1. The zero-order chi connectivity index (χ0) is 19.0. The molecule has 3 N–H and O–H groups in total. The van der Waals surface area contributed by atoms with Crippen LogP contribution in [0.2, 0.25) is 0 Å². The third kappa shape index (κ3) is 5.29. The Morgan fingerprint density at radius 1 is 1.38 bits per heavy atom. The molecule has 2 heterocycles. The first kappa shape index (κ1) is 19.9. The van der Waals surface area contributed by atoms with Crippen LogP contribution in [0.3, 0.4) is 0 Å². The molecule has 1 aromatic heterocycles. The minimum atomic E-state index is -0.930. The molecule has 1 aromatic rings. The number of ether oxygens (including phenoxy) is 2. The number of H-pyrrole nitrogens is 1. The average Bonchev–Trinajstić information content (AvgIpc) is 3.10. The predicted octanol–water partition coefficient (Wildman–Crippen LogP) is 1.63. The molecule has 9 heteroatoms. The molecule has 0 unspecified atom stereocenters. The number of anilines is 1. The highest BCUT2D eigenvalue weighted by molar-refractivity contribution is 6.42. The molecule has 2 amide bonds. The van der Waals surface area contributed by atoms with E-state index in [1.165, 1.54) is 12.3 Å². The number of nitrogens with zero attached hydrogens (tertiary/aromatic N) is 1. The third-order valence-electron chi connectivity index (χ3n) is 4.50. The van der Waals surface area contributed by atoms with E-state index in [0.717, 1.165) is 12.8 Å². The number of amides is 2. The maximum Gasteiger partial charge on any atom is 0.407 e. The van der Waals surface area contributed by atoms with E-state index < -0.39 is 23.8 Å². The molecule has 0 bridgehead atoms. The zero-order valence-corrected chi connectivity index (χ0v) is 15.2. The van der Waals surface area contributed by atoms with Crippen molar-refractivity contribution in [2.24, 2.45) is 5.41 Å². The summed E-state index contributed by atoms with van der Waals surface area (Å²) in [4.78, 5) is 36.6. The summed E-state index contributed by atoms with van der Waals surface area (Å²) in [6, 6.07) is 0.597. The molecule has 1 aliphatic heterocycles. The fraction of sp³-hybridized carbons (Fsp3) is 0.647. The summed E-state index contributed by atoms with van der Waals surface area (Å²) in [7, 11) is 0. The summed E-state index contributed by atoms with van der Waals surface area (Å²) < 4.78 is 10.4. The topological polar surface area (TPSA) is 122 Å². The van der Waals surface area contributed by atoms with Gasteiger partial charge < -0.3 is 20.1 Å². The van der Waals surface area contributed by atoms with Crippen molar-refractivity contribution < 1.29 is 23.9 Å². The van der Waals surface area contributed by atoms with Crippen LogP contribution in [0, 0.1) is 5.41 Å². The lowest BCUT2D eigenvalue weighted by Gasteiger charge is -2.39. The van der Waals surface area contributed by atoms with E-state index in [1.54, 1.807) is 0 Å². The van der Waals surface area contributed by atoms with Crippen LogP contribution in [0.1, 0.15) is 39.5 Å². The summed E-state index contributed by atoms with van der Waals surface area (Å²) in [6.07, 6.45) is 3.49. The van der Waals surface area contributed by atoms with E-state index in [2.05, 4.69) is 20.8 Å². The van der Waals surface area contributed by atoms with Crippen LogP contribution in [0.4, 0.5) is 10.6 Å².